The maximum Gasteiger partial charge on any atom is 0.275 e. The maximum atomic E-state index is 12.4. The number of aryl methyl sites for hydroxylation is 1. The van der Waals surface area contributed by atoms with E-state index in [4.69, 9.17) is 0 Å². The second-order valence-corrected chi connectivity index (χ2v) is 7.75. The van der Waals surface area contributed by atoms with Crippen LogP contribution in [0.25, 0.3) is 0 Å². The zero-order valence-electron chi connectivity index (χ0n) is 12.9. The van der Waals surface area contributed by atoms with Crippen LogP contribution in [0.4, 0.5) is 5.69 Å². The summed E-state index contributed by atoms with van der Waals surface area (Å²) < 4.78 is 0.564. The van der Waals surface area contributed by atoms with Crippen molar-refractivity contribution in [3.8, 4) is 5.75 Å². The highest BCUT2D eigenvalue weighted by Gasteiger charge is 2.21. The van der Waals surface area contributed by atoms with Gasteiger partial charge in [0.25, 0.3) is 5.91 Å². The van der Waals surface area contributed by atoms with Gasteiger partial charge in [0.15, 0.2) is 5.75 Å². The van der Waals surface area contributed by atoms with Crippen LogP contribution < -0.4 is 5.32 Å². The molecular weight excluding hydrogens is 376 g/mol. The van der Waals surface area contributed by atoms with Crippen molar-refractivity contribution in [2.75, 3.05) is 5.32 Å². The number of nitrogens with one attached hydrogen (secondary N) is 1. The van der Waals surface area contributed by atoms with Gasteiger partial charge < -0.3 is 10.4 Å². The summed E-state index contributed by atoms with van der Waals surface area (Å²) >= 11 is 4.85. The monoisotopic (exact) mass is 394 g/mol. The van der Waals surface area contributed by atoms with Crippen LogP contribution in [0.5, 0.6) is 5.75 Å². The van der Waals surface area contributed by atoms with Gasteiger partial charge in [0.1, 0.15) is 5.69 Å². The van der Waals surface area contributed by atoms with Gasteiger partial charge >= 0.3 is 0 Å². The van der Waals surface area contributed by atoms with Crippen LogP contribution in [0.15, 0.2) is 22.0 Å². The van der Waals surface area contributed by atoms with Gasteiger partial charge in [-0.25, -0.2) is 4.98 Å². The number of rotatable bonds is 3. The molecule has 122 valence electrons. The summed E-state index contributed by atoms with van der Waals surface area (Å²) in [6.07, 6.45) is 6.13. The lowest BCUT2D eigenvalue weighted by Crippen LogP contribution is -2.13. The molecule has 2 N–H and O–H groups in total. The molecule has 0 radical (unpaired) electrons. The van der Waals surface area contributed by atoms with Crippen LogP contribution in [-0.4, -0.2) is 16.0 Å². The van der Waals surface area contributed by atoms with Gasteiger partial charge in [-0.15, -0.1) is 11.3 Å². The molecule has 23 heavy (non-hydrogen) atoms. The number of carbonyl (C=O) groups excluding carboxylic acids is 1. The minimum atomic E-state index is -0.281. The number of hydrogen-bond donors (Lipinski definition) is 2. The Balaban J connectivity index is 1.75. The number of benzene rings is 1. The zero-order chi connectivity index (χ0) is 16.4. The molecule has 1 aromatic heterocycles. The highest BCUT2D eigenvalue weighted by molar-refractivity contribution is 9.10. The molecule has 0 atom stereocenters. The Morgan fingerprint density at radius 2 is 2.09 bits per heavy atom. The molecule has 6 heteroatoms. The van der Waals surface area contributed by atoms with Crippen molar-refractivity contribution in [1.29, 1.82) is 0 Å². The highest BCUT2D eigenvalue weighted by atomic mass is 79.9. The van der Waals surface area contributed by atoms with Crippen molar-refractivity contribution < 1.29 is 9.90 Å². The van der Waals surface area contributed by atoms with E-state index in [2.05, 4.69) is 26.2 Å². The molecule has 2 aromatic rings. The SMILES string of the molecule is Cc1cc(Br)c(O)c(NC(=O)c2csc(C3CCCCC3)n2)c1. The number of phenolic OH excluding ortho intramolecular Hbond substituents is 1. The van der Waals surface area contributed by atoms with Gasteiger partial charge in [-0.2, -0.15) is 0 Å². The second-order valence-electron chi connectivity index (χ2n) is 6.00. The minimum absolute atomic E-state index is 0.0340. The highest BCUT2D eigenvalue weighted by Crippen LogP contribution is 2.35. The van der Waals surface area contributed by atoms with Crippen LogP contribution in [0.1, 0.15) is 59.1 Å². The minimum Gasteiger partial charge on any atom is -0.505 e. The first-order chi connectivity index (χ1) is 11.0. The number of nitrogens with zero attached hydrogens (tertiary/aromatic N) is 1. The fraction of sp³-hybridized carbons (Fsp3) is 0.412. The maximum absolute atomic E-state index is 12.4. The van der Waals surface area contributed by atoms with E-state index in [0.29, 0.717) is 21.8 Å². The summed E-state index contributed by atoms with van der Waals surface area (Å²) in [5.74, 6) is 0.250. The Hall–Kier alpha value is -1.40. The number of aromatic hydroxyl groups is 1. The summed E-state index contributed by atoms with van der Waals surface area (Å²) in [7, 11) is 0. The zero-order valence-corrected chi connectivity index (χ0v) is 15.3. The van der Waals surface area contributed by atoms with Gasteiger partial charge in [-0.05, 0) is 53.4 Å². The molecule has 1 aromatic carbocycles. The summed E-state index contributed by atoms with van der Waals surface area (Å²) in [6, 6.07) is 3.54. The van der Waals surface area contributed by atoms with Gasteiger partial charge in [-0.3, -0.25) is 4.79 Å². The van der Waals surface area contributed by atoms with Crippen molar-refractivity contribution in [3.63, 3.8) is 0 Å². The largest absolute Gasteiger partial charge is 0.505 e. The molecule has 1 aliphatic rings. The van der Waals surface area contributed by atoms with Crippen LogP contribution in [0.3, 0.4) is 0 Å². The van der Waals surface area contributed by atoms with E-state index in [1.165, 1.54) is 32.1 Å². The lowest BCUT2D eigenvalue weighted by molar-refractivity contribution is 0.102. The van der Waals surface area contributed by atoms with Crippen molar-refractivity contribution in [1.82, 2.24) is 4.98 Å². The van der Waals surface area contributed by atoms with E-state index >= 15 is 0 Å². The molecule has 1 aliphatic carbocycles. The first-order valence-corrected chi connectivity index (χ1v) is 9.47. The Bertz CT molecular complexity index is 723. The first-order valence-electron chi connectivity index (χ1n) is 7.80. The van der Waals surface area contributed by atoms with E-state index in [1.807, 2.05) is 6.92 Å². The average Bonchev–Trinajstić information content (AvgIpc) is 3.03. The topological polar surface area (TPSA) is 62.2 Å². The average molecular weight is 395 g/mol. The van der Waals surface area contributed by atoms with E-state index in [9.17, 15) is 9.90 Å². The number of thiazole rings is 1. The Kier molecular flexibility index (Phi) is 5.02. The fourth-order valence-electron chi connectivity index (χ4n) is 2.95. The Labute approximate surface area is 148 Å². The number of aromatic nitrogens is 1. The lowest BCUT2D eigenvalue weighted by Gasteiger charge is -2.18. The van der Waals surface area contributed by atoms with E-state index < -0.39 is 0 Å². The van der Waals surface area contributed by atoms with Gasteiger partial charge in [-0.1, -0.05) is 19.3 Å². The van der Waals surface area contributed by atoms with Crippen LogP contribution in [-0.2, 0) is 0 Å². The van der Waals surface area contributed by atoms with Crippen LogP contribution in [0, 0.1) is 6.92 Å². The van der Waals surface area contributed by atoms with Gasteiger partial charge in [0, 0.05) is 11.3 Å². The predicted molar refractivity (Wildman–Crippen MR) is 96.4 cm³/mol. The number of anilines is 1. The first kappa shape index (κ1) is 16.5. The molecule has 4 nitrogen and oxygen atoms in total. The van der Waals surface area contributed by atoms with Crippen molar-refractivity contribution >= 4 is 38.9 Å². The molecule has 0 spiro atoms. The van der Waals surface area contributed by atoms with E-state index in [1.54, 1.807) is 28.8 Å². The molecule has 1 heterocycles. The van der Waals surface area contributed by atoms with Crippen LogP contribution in [0.2, 0.25) is 0 Å². The molecular formula is C17H19BrN2O2S. The van der Waals surface area contributed by atoms with Crippen molar-refractivity contribution in [2.45, 2.75) is 44.9 Å². The lowest BCUT2D eigenvalue weighted by atomic mass is 9.90. The van der Waals surface area contributed by atoms with E-state index in [0.717, 1.165) is 10.6 Å². The normalized spacial score (nSPS) is 15.6. The fourth-order valence-corrected chi connectivity index (χ4v) is 4.49. The molecule has 0 saturated heterocycles. The van der Waals surface area contributed by atoms with Crippen molar-refractivity contribution in [3.05, 3.63) is 38.3 Å². The second kappa shape index (κ2) is 7.01. The van der Waals surface area contributed by atoms with Gasteiger partial charge in [0.05, 0.1) is 15.2 Å². The third kappa shape index (κ3) is 3.75. The number of hydrogen-bond acceptors (Lipinski definition) is 4. The summed E-state index contributed by atoms with van der Waals surface area (Å²) in [6.45, 7) is 1.91. The third-order valence-corrected chi connectivity index (χ3v) is 5.78. The molecule has 1 saturated carbocycles. The number of amides is 1. The number of phenols is 1. The summed E-state index contributed by atoms with van der Waals surface area (Å²) in [4.78, 5) is 16.9. The van der Waals surface area contributed by atoms with Gasteiger partial charge in [0.2, 0.25) is 0 Å². The molecule has 0 unspecified atom stereocenters. The third-order valence-electron chi connectivity index (χ3n) is 4.16. The van der Waals surface area contributed by atoms with Crippen molar-refractivity contribution in [2.24, 2.45) is 0 Å². The Morgan fingerprint density at radius 3 is 2.83 bits per heavy atom. The summed E-state index contributed by atoms with van der Waals surface area (Å²) in [5.41, 5.74) is 1.77. The Morgan fingerprint density at radius 1 is 1.35 bits per heavy atom. The predicted octanol–water partition coefficient (Wildman–Crippen LogP) is 5.22. The molecule has 1 fully saturated rings. The quantitative estimate of drug-likeness (QED) is 0.701. The summed E-state index contributed by atoms with van der Waals surface area (Å²) in [5, 5.41) is 15.7. The van der Waals surface area contributed by atoms with Crippen LogP contribution >= 0.6 is 27.3 Å². The standard InChI is InChI=1S/C17H19BrN2O2S/c1-10-7-12(18)15(21)13(8-10)19-16(22)14-9-23-17(20-14)11-5-3-2-4-6-11/h7-9,11,21H,2-6H2,1H3,(H,19,22). The molecule has 0 bridgehead atoms. The molecule has 0 aliphatic heterocycles. The van der Waals surface area contributed by atoms with E-state index in [-0.39, 0.29) is 11.7 Å². The smallest absolute Gasteiger partial charge is 0.275 e. The molecule has 3 rings (SSSR count). The number of halogens is 1. The molecule has 1 amide bonds. The number of carbonyl (C=O) groups is 1.